The first-order chi connectivity index (χ1) is 6.89. The molecule has 3 nitrogen and oxygen atoms in total. The van der Waals surface area contributed by atoms with Gasteiger partial charge in [0.2, 0.25) is 0 Å². The Hall–Kier alpha value is -0.830. The average molecular weight is 207 g/mol. The van der Waals surface area contributed by atoms with E-state index in [9.17, 15) is 0 Å². The molecule has 84 valence electrons. The Morgan fingerprint density at radius 3 is 2.67 bits per heavy atom. The summed E-state index contributed by atoms with van der Waals surface area (Å²) in [6.45, 7) is 9.78. The summed E-state index contributed by atoms with van der Waals surface area (Å²) in [4.78, 5) is 4.71. The number of aryl methyl sites for hydroxylation is 1. The van der Waals surface area contributed by atoms with Crippen molar-refractivity contribution in [1.29, 1.82) is 0 Å². The van der Waals surface area contributed by atoms with Crippen molar-refractivity contribution in [2.75, 3.05) is 0 Å². The lowest BCUT2D eigenvalue weighted by molar-refractivity contribution is 0.454. The average Bonchev–Trinajstić information content (AvgIpc) is 2.42. The van der Waals surface area contributed by atoms with E-state index in [1.54, 1.807) is 0 Å². The van der Waals surface area contributed by atoms with Crippen LogP contribution in [0.1, 0.15) is 44.4 Å². The standard InChI is InChI=1S/C12H21N3/c1-8-14-11(12(2,3)4)10-7-9(13)5-6-15(8)10/h9H,5-7,13H2,1-4H3. The lowest BCUT2D eigenvalue weighted by atomic mass is 9.88. The molecule has 1 aromatic heterocycles. The Morgan fingerprint density at radius 2 is 2.07 bits per heavy atom. The molecule has 0 fully saturated rings. The largest absolute Gasteiger partial charge is 0.332 e. The van der Waals surface area contributed by atoms with E-state index in [4.69, 9.17) is 10.7 Å². The minimum atomic E-state index is 0.127. The van der Waals surface area contributed by atoms with Crippen LogP contribution in [0.15, 0.2) is 0 Å². The van der Waals surface area contributed by atoms with Gasteiger partial charge in [0, 0.05) is 30.1 Å². The predicted molar refractivity (Wildman–Crippen MR) is 62.0 cm³/mol. The predicted octanol–water partition coefficient (Wildman–Crippen LogP) is 1.76. The second kappa shape index (κ2) is 3.34. The van der Waals surface area contributed by atoms with E-state index in [2.05, 4.69) is 32.3 Å². The Morgan fingerprint density at radius 1 is 1.40 bits per heavy atom. The van der Waals surface area contributed by atoms with Gasteiger partial charge >= 0.3 is 0 Å². The molecule has 0 radical (unpaired) electrons. The maximum atomic E-state index is 6.03. The molecule has 1 aromatic rings. The van der Waals surface area contributed by atoms with Gasteiger partial charge in [-0.3, -0.25) is 0 Å². The summed E-state index contributed by atoms with van der Waals surface area (Å²) in [5.74, 6) is 1.14. The summed E-state index contributed by atoms with van der Waals surface area (Å²) >= 11 is 0. The van der Waals surface area contributed by atoms with Crippen LogP contribution in [0, 0.1) is 6.92 Å². The highest BCUT2D eigenvalue weighted by Crippen LogP contribution is 2.29. The molecular weight excluding hydrogens is 186 g/mol. The topological polar surface area (TPSA) is 43.8 Å². The normalized spacial score (nSPS) is 21.5. The molecule has 1 aliphatic heterocycles. The van der Waals surface area contributed by atoms with Crippen molar-refractivity contribution in [2.45, 2.75) is 58.5 Å². The summed E-state index contributed by atoms with van der Waals surface area (Å²) in [5, 5.41) is 0. The zero-order valence-electron chi connectivity index (χ0n) is 10.2. The third-order valence-electron chi connectivity index (χ3n) is 3.15. The maximum absolute atomic E-state index is 6.03. The van der Waals surface area contributed by atoms with Gasteiger partial charge in [0.15, 0.2) is 0 Å². The number of hydrogen-bond donors (Lipinski definition) is 1. The highest BCUT2D eigenvalue weighted by atomic mass is 15.1. The molecule has 0 saturated heterocycles. The van der Waals surface area contributed by atoms with Crippen molar-refractivity contribution >= 4 is 0 Å². The van der Waals surface area contributed by atoms with Crippen LogP contribution in [0.2, 0.25) is 0 Å². The molecule has 0 aliphatic carbocycles. The molecular formula is C12H21N3. The molecule has 0 bridgehead atoms. The lowest BCUT2D eigenvalue weighted by Gasteiger charge is -2.25. The first-order valence-corrected chi connectivity index (χ1v) is 5.71. The molecule has 0 aromatic carbocycles. The fourth-order valence-electron chi connectivity index (χ4n) is 2.36. The van der Waals surface area contributed by atoms with E-state index in [0.717, 1.165) is 25.2 Å². The van der Waals surface area contributed by atoms with Gasteiger partial charge in [0.25, 0.3) is 0 Å². The fourth-order valence-corrected chi connectivity index (χ4v) is 2.36. The Labute approximate surface area is 91.7 Å². The van der Waals surface area contributed by atoms with Crippen molar-refractivity contribution in [1.82, 2.24) is 9.55 Å². The minimum Gasteiger partial charge on any atom is -0.332 e. The van der Waals surface area contributed by atoms with E-state index in [-0.39, 0.29) is 5.41 Å². The second-order valence-corrected chi connectivity index (χ2v) is 5.61. The van der Waals surface area contributed by atoms with Crippen LogP contribution in [-0.2, 0) is 18.4 Å². The van der Waals surface area contributed by atoms with Crippen LogP contribution in [0.4, 0.5) is 0 Å². The minimum absolute atomic E-state index is 0.127. The van der Waals surface area contributed by atoms with Crippen LogP contribution >= 0.6 is 0 Å². The quantitative estimate of drug-likeness (QED) is 0.704. The molecule has 0 amide bonds. The van der Waals surface area contributed by atoms with Crippen LogP contribution in [0.3, 0.4) is 0 Å². The summed E-state index contributed by atoms with van der Waals surface area (Å²) < 4.78 is 2.34. The zero-order chi connectivity index (χ0) is 11.2. The van der Waals surface area contributed by atoms with Gasteiger partial charge in [-0.15, -0.1) is 0 Å². The van der Waals surface area contributed by atoms with E-state index in [0.29, 0.717) is 6.04 Å². The highest BCUT2D eigenvalue weighted by Gasteiger charge is 2.28. The zero-order valence-corrected chi connectivity index (χ0v) is 10.2. The smallest absolute Gasteiger partial charge is 0.106 e. The van der Waals surface area contributed by atoms with Gasteiger partial charge < -0.3 is 10.3 Å². The number of fused-ring (bicyclic) bond motifs is 1. The third-order valence-corrected chi connectivity index (χ3v) is 3.15. The molecule has 0 saturated carbocycles. The van der Waals surface area contributed by atoms with Gasteiger partial charge in [0.1, 0.15) is 5.82 Å². The number of imidazole rings is 1. The van der Waals surface area contributed by atoms with Gasteiger partial charge in [-0.05, 0) is 13.3 Å². The first kappa shape index (κ1) is 10.7. The second-order valence-electron chi connectivity index (χ2n) is 5.61. The van der Waals surface area contributed by atoms with Gasteiger partial charge in [0.05, 0.1) is 5.69 Å². The lowest BCUT2D eigenvalue weighted by Crippen LogP contribution is -2.32. The summed E-state index contributed by atoms with van der Waals surface area (Å²) in [7, 11) is 0. The Kier molecular flexibility index (Phi) is 2.38. The van der Waals surface area contributed by atoms with Gasteiger partial charge in [-0.2, -0.15) is 0 Å². The summed E-state index contributed by atoms with van der Waals surface area (Å²) in [6, 6.07) is 0.315. The molecule has 1 atom stereocenters. The summed E-state index contributed by atoms with van der Waals surface area (Å²) in [6.07, 6.45) is 2.06. The van der Waals surface area contributed by atoms with Crippen molar-refractivity contribution in [3.63, 3.8) is 0 Å². The third kappa shape index (κ3) is 1.81. The van der Waals surface area contributed by atoms with Crippen molar-refractivity contribution in [3.8, 4) is 0 Å². The Bertz CT molecular complexity index is 371. The SMILES string of the molecule is Cc1nc(C(C)(C)C)c2n1CCC(N)C2. The molecule has 2 N–H and O–H groups in total. The van der Waals surface area contributed by atoms with E-state index < -0.39 is 0 Å². The maximum Gasteiger partial charge on any atom is 0.106 e. The molecule has 3 heteroatoms. The molecule has 2 heterocycles. The number of hydrogen-bond acceptors (Lipinski definition) is 2. The monoisotopic (exact) mass is 207 g/mol. The van der Waals surface area contributed by atoms with Crippen LogP contribution in [0.5, 0.6) is 0 Å². The van der Waals surface area contributed by atoms with Crippen molar-refractivity contribution in [3.05, 3.63) is 17.2 Å². The first-order valence-electron chi connectivity index (χ1n) is 5.71. The van der Waals surface area contributed by atoms with Crippen molar-refractivity contribution < 1.29 is 0 Å². The number of nitrogens with zero attached hydrogens (tertiary/aromatic N) is 2. The fraction of sp³-hybridized carbons (Fsp3) is 0.750. The van der Waals surface area contributed by atoms with E-state index >= 15 is 0 Å². The summed E-state index contributed by atoms with van der Waals surface area (Å²) in [5.41, 5.74) is 8.75. The molecule has 15 heavy (non-hydrogen) atoms. The van der Waals surface area contributed by atoms with E-state index in [1.807, 2.05) is 0 Å². The number of aromatic nitrogens is 2. The molecule has 1 aliphatic rings. The van der Waals surface area contributed by atoms with Gasteiger partial charge in [-0.1, -0.05) is 20.8 Å². The van der Waals surface area contributed by atoms with Crippen LogP contribution < -0.4 is 5.73 Å². The molecule has 0 spiro atoms. The molecule has 2 rings (SSSR count). The highest BCUT2D eigenvalue weighted by molar-refractivity contribution is 5.26. The number of rotatable bonds is 0. The Balaban J connectivity index is 2.50. The van der Waals surface area contributed by atoms with Crippen LogP contribution in [0.25, 0.3) is 0 Å². The number of nitrogens with two attached hydrogens (primary N) is 1. The molecule has 1 unspecified atom stereocenters. The van der Waals surface area contributed by atoms with Gasteiger partial charge in [-0.25, -0.2) is 4.98 Å². The van der Waals surface area contributed by atoms with Crippen molar-refractivity contribution in [2.24, 2.45) is 5.73 Å². The van der Waals surface area contributed by atoms with E-state index in [1.165, 1.54) is 11.4 Å². The van der Waals surface area contributed by atoms with Crippen LogP contribution in [-0.4, -0.2) is 15.6 Å².